The van der Waals surface area contributed by atoms with E-state index < -0.39 is 0 Å². The van der Waals surface area contributed by atoms with Gasteiger partial charge in [-0.15, -0.1) is 0 Å². The van der Waals surface area contributed by atoms with E-state index in [0.29, 0.717) is 12.1 Å². The number of aromatic nitrogens is 1. The van der Waals surface area contributed by atoms with Crippen molar-refractivity contribution in [2.75, 3.05) is 6.54 Å². The molecule has 0 bridgehead atoms. The lowest BCUT2D eigenvalue weighted by Crippen LogP contribution is -2.36. The topological polar surface area (TPSA) is 55.1 Å². The van der Waals surface area contributed by atoms with Crippen molar-refractivity contribution in [1.82, 2.24) is 10.3 Å². The number of hydrogen-bond donors (Lipinski definition) is 1. The maximum atomic E-state index is 11.9. The maximum absolute atomic E-state index is 11.9. The monoisotopic (exact) mass is 244 g/mol. The summed E-state index contributed by atoms with van der Waals surface area (Å²) in [6.45, 7) is 4.57. The van der Waals surface area contributed by atoms with Gasteiger partial charge in [-0.3, -0.25) is 9.78 Å². The van der Waals surface area contributed by atoms with Crippen molar-refractivity contribution in [3.05, 3.63) is 54.2 Å². The van der Waals surface area contributed by atoms with Gasteiger partial charge in [-0.25, -0.2) is 0 Å². The Morgan fingerprint density at radius 1 is 1.33 bits per heavy atom. The number of nitrogens with zero attached hydrogens (tertiary/aromatic N) is 1. The average molecular weight is 244 g/mol. The van der Waals surface area contributed by atoms with Crippen molar-refractivity contribution in [2.45, 2.75) is 19.3 Å². The lowest BCUT2D eigenvalue weighted by molar-refractivity contribution is 0.0943. The third-order valence-electron chi connectivity index (χ3n) is 2.82. The van der Waals surface area contributed by atoms with Gasteiger partial charge < -0.3 is 9.73 Å². The Kier molecular flexibility index (Phi) is 3.46. The second-order valence-electron chi connectivity index (χ2n) is 4.78. The van der Waals surface area contributed by atoms with E-state index in [1.54, 1.807) is 30.8 Å². The summed E-state index contributed by atoms with van der Waals surface area (Å²) in [6.07, 6.45) is 4.85. The van der Waals surface area contributed by atoms with Crippen molar-refractivity contribution in [3.63, 3.8) is 0 Å². The standard InChI is InChI=1S/C14H16N2O2/c1-14(2,12-4-3-9-18-12)10-16-13(17)11-5-7-15-8-6-11/h3-9H,10H2,1-2H3,(H,16,17). The minimum atomic E-state index is -0.230. The summed E-state index contributed by atoms with van der Waals surface area (Å²) in [6, 6.07) is 7.14. The normalized spacial score (nSPS) is 11.2. The van der Waals surface area contributed by atoms with Crippen LogP contribution in [0, 0.1) is 0 Å². The highest BCUT2D eigenvalue weighted by Crippen LogP contribution is 2.22. The Balaban J connectivity index is 1.98. The molecule has 0 saturated carbocycles. The van der Waals surface area contributed by atoms with Gasteiger partial charge in [-0.05, 0) is 24.3 Å². The molecule has 0 fully saturated rings. The first-order chi connectivity index (χ1) is 8.59. The molecule has 2 rings (SSSR count). The first-order valence-corrected chi connectivity index (χ1v) is 5.82. The minimum Gasteiger partial charge on any atom is -0.469 e. The van der Waals surface area contributed by atoms with Crippen LogP contribution in [0.5, 0.6) is 0 Å². The third-order valence-corrected chi connectivity index (χ3v) is 2.82. The molecular weight excluding hydrogens is 228 g/mol. The molecule has 18 heavy (non-hydrogen) atoms. The largest absolute Gasteiger partial charge is 0.469 e. The van der Waals surface area contributed by atoms with Crippen LogP contribution < -0.4 is 5.32 Å². The van der Waals surface area contributed by atoms with Crippen LogP contribution in [-0.2, 0) is 5.41 Å². The molecule has 0 saturated heterocycles. The second-order valence-corrected chi connectivity index (χ2v) is 4.78. The minimum absolute atomic E-state index is 0.1000. The van der Waals surface area contributed by atoms with Crippen LogP contribution in [0.25, 0.3) is 0 Å². The number of rotatable bonds is 4. The highest BCUT2D eigenvalue weighted by Gasteiger charge is 2.24. The second kappa shape index (κ2) is 5.04. The number of amides is 1. The van der Waals surface area contributed by atoms with E-state index in [4.69, 9.17) is 4.42 Å². The Labute approximate surface area is 106 Å². The zero-order chi connectivity index (χ0) is 13.0. The van der Waals surface area contributed by atoms with Crippen molar-refractivity contribution in [1.29, 1.82) is 0 Å². The van der Waals surface area contributed by atoms with Crippen LogP contribution in [0.15, 0.2) is 47.3 Å². The van der Waals surface area contributed by atoms with Gasteiger partial charge in [0.15, 0.2) is 0 Å². The fourth-order valence-electron chi connectivity index (χ4n) is 1.66. The summed E-state index contributed by atoms with van der Waals surface area (Å²) >= 11 is 0. The van der Waals surface area contributed by atoms with Crippen molar-refractivity contribution in [3.8, 4) is 0 Å². The number of hydrogen-bond acceptors (Lipinski definition) is 3. The molecule has 2 heterocycles. The molecule has 0 radical (unpaired) electrons. The quantitative estimate of drug-likeness (QED) is 0.898. The molecular formula is C14H16N2O2. The summed E-state index contributed by atoms with van der Waals surface area (Å²) in [5.41, 5.74) is 0.381. The molecule has 0 atom stereocenters. The van der Waals surface area contributed by atoms with Gasteiger partial charge in [0.1, 0.15) is 5.76 Å². The predicted octanol–water partition coefficient (Wildman–Crippen LogP) is 2.38. The summed E-state index contributed by atoms with van der Waals surface area (Å²) in [5, 5.41) is 2.90. The van der Waals surface area contributed by atoms with Gasteiger partial charge in [0, 0.05) is 29.9 Å². The van der Waals surface area contributed by atoms with E-state index in [0.717, 1.165) is 5.76 Å². The van der Waals surface area contributed by atoms with E-state index in [1.807, 2.05) is 26.0 Å². The molecule has 2 aromatic heterocycles. The highest BCUT2D eigenvalue weighted by molar-refractivity contribution is 5.94. The maximum Gasteiger partial charge on any atom is 0.251 e. The molecule has 0 aliphatic carbocycles. The average Bonchev–Trinajstić information content (AvgIpc) is 2.92. The van der Waals surface area contributed by atoms with Gasteiger partial charge in [-0.1, -0.05) is 13.8 Å². The van der Waals surface area contributed by atoms with Crippen LogP contribution in [0.4, 0.5) is 0 Å². The molecule has 0 unspecified atom stereocenters. The summed E-state index contributed by atoms with van der Waals surface area (Å²) in [4.78, 5) is 15.8. The number of pyridine rings is 1. The molecule has 0 aromatic carbocycles. The fraction of sp³-hybridized carbons (Fsp3) is 0.286. The number of furan rings is 1. The third kappa shape index (κ3) is 2.77. The smallest absolute Gasteiger partial charge is 0.251 e. The molecule has 2 aromatic rings. The highest BCUT2D eigenvalue weighted by atomic mass is 16.3. The van der Waals surface area contributed by atoms with Crippen LogP contribution in [0.3, 0.4) is 0 Å². The predicted molar refractivity (Wildman–Crippen MR) is 68.3 cm³/mol. The van der Waals surface area contributed by atoms with Gasteiger partial charge in [0.2, 0.25) is 0 Å². The van der Waals surface area contributed by atoms with Gasteiger partial charge in [0.25, 0.3) is 5.91 Å². The summed E-state index contributed by atoms with van der Waals surface area (Å²) in [7, 11) is 0. The number of carbonyl (C=O) groups is 1. The molecule has 94 valence electrons. The van der Waals surface area contributed by atoms with E-state index in [-0.39, 0.29) is 11.3 Å². The first-order valence-electron chi connectivity index (χ1n) is 5.82. The zero-order valence-corrected chi connectivity index (χ0v) is 10.5. The van der Waals surface area contributed by atoms with Gasteiger partial charge in [-0.2, -0.15) is 0 Å². The summed E-state index contributed by atoms with van der Waals surface area (Å²) in [5.74, 6) is 0.759. The SMILES string of the molecule is CC(C)(CNC(=O)c1ccncc1)c1ccco1. The lowest BCUT2D eigenvalue weighted by Gasteiger charge is -2.22. The van der Waals surface area contributed by atoms with Gasteiger partial charge in [0.05, 0.1) is 6.26 Å². The number of nitrogens with one attached hydrogen (secondary N) is 1. The van der Waals surface area contributed by atoms with Crippen molar-refractivity contribution in [2.24, 2.45) is 0 Å². The molecule has 4 heteroatoms. The fourth-order valence-corrected chi connectivity index (χ4v) is 1.66. The van der Waals surface area contributed by atoms with E-state index in [1.165, 1.54) is 0 Å². The van der Waals surface area contributed by atoms with E-state index in [2.05, 4.69) is 10.3 Å². The van der Waals surface area contributed by atoms with Crippen LogP contribution in [0.2, 0.25) is 0 Å². The van der Waals surface area contributed by atoms with Crippen molar-refractivity contribution < 1.29 is 9.21 Å². The Bertz CT molecular complexity index is 504. The van der Waals surface area contributed by atoms with Crippen LogP contribution in [0.1, 0.15) is 30.0 Å². The van der Waals surface area contributed by atoms with Crippen LogP contribution >= 0.6 is 0 Å². The number of carbonyl (C=O) groups excluding carboxylic acids is 1. The van der Waals surface area contributed by atoms with Gasteiger partial charge >= 0.3 is 0 Å². The molecule has 1 amide bonds. The molecule has 0 aliphatic rings. The van der Waals surface area contributed by atoms with Crippen LogP contribution in [-0.4, -0.2) is 17.4 Å². The zero-order valence-electron chi connectivity index (χ0n) is 10.5. The van der Waals surface area contributed by atoms with Crippen molar-refractivity contribution >= 4 is 5.91 Å². The molecule has 4 nitrogen and oxygen atoms in total. The summed E-state index contributed by atoms with van der Waals surface area (Å²) < 4.78 is 5.37. The Morgan fingerprint density at radius 3 is 2.67 bits per heavy atom. The lowest BCUT2D eigenvalue weighted by atomic mass is 9.90. The molecule has 0 spiro atoms. The van der Waals surface area contributed by atoms with E-state index >= 15 is 0 Å². The first kappa shape index (κ1) is 12.4. The molecule has 1 N–H and O–H groups in total. The Morgan fingerprint density at radius 2 is 2.06 bits per heavy atom. The molecule has 0 aliphatic heterocycles. The Hall–Kier alpha value is -2.10. The van der Waals surface area contributed by atoms with E-state index in [9.17, 15) is 4.79 Å².